The second-order valence-corrected chi connectivity index (χ2v) is 6.46. The fraction of sp³-hybridized carbons (Fsp3) is 0.316. The molecule has 0 aliphatic rings. The number of anilines is 1. The molecule has 5 heteroatoms. The van der Waals surface area contributed by atoms with E-state index in [9.17, 15) is 4.79 Å². The third kappa shape index (κ3) is 4.51. The van der Waals surface area contributed by atoms with Gasteiger partial charge in [0.05, 0.1) is 12.3 Å². The number of carbonyl (C=O) groups excluding carboxylic acids is 1. The van der Waals surface area contributed by atoms with Crippen molar-refractivity contribution in [2.75, 3.05) is 11.9 Å². The van der Waals surface area contributed by atoms with Crippen LogP contribution in [0.15, 0.2) is 34.8 Å². The van der Waals surface area contributed by atoms with Crippen LogP contribution in [0.25, 0.3) is 0 Å². The van der Waals surface area contributed by atoms with Crippen molar-refractivity contribution in [3.05, 3.63) is 57.1 Å². The fourth-order valence-electron chi connectivity index (χ4n) is 2.34. The van der Waals surface area contributed by atoms with Gasteiger partial charge >= 0.3 is 6.09 Å². The Morgan fingerprint density at radius 1 is 1.12 bits per heavy atom. The molecule has 0 aliphatic carbocycles. The molecule has 2 rings (SSSR count). The number of hydrogen-bond acceptors (Lipinski definition) is 3. The van der Waals surface area contributed by atoms with Crippen molar-refractivity contribution in [2.24, 2.45) is 0 Å². The summed E-state index contributed by atoms with van der Waals surface area (Å²) >= 11 is 3.52. The highest BCUT2D eigenvalue weighted by Crippen LogP contribution is 2.28. The number of halogens is 1. The Bertz CT molecular complexity index is 744. The average Bonchev–Trinajstić information content (AvgIpc) is 2.51. The van der Waals surface area contributed by atoms with Gasteiger partial charge in [-0.05, 0) is 62.6 Å². The van der Waals surface area contributed by atoms with Crippen LogP contribution in [0, 0.1) is 20.8 Å². The molecule has 0 unspecified atom stereocenters. The number of aryl methyl sites for hydroxylation is 3. The van der Waals surface area contributed by atoms with E-state index in [0.717, 1.165) is 21.3 Å². The maximum absolute atomic E-state index is 11.7. The molecule has 0 atom stereocenters. The number of benzene rings is 2. The van der Waals surface area contributed by atoms with E-state index in [4.69, 9.17) is 9.47 Å². The van der Waals surface area contributed by atoms with Crippen molar-refractivity contribution < 1.29 is 14.3 Å². The SMILES string of the molecule is CCOC(=O)Nc1cccc(Br)c1COc1cc(C)c(C)cc1C. The van der Waals surface area contributed by atoms with Crippen LogP contribution in [0.2, 0.25) is 0 Å². The lowest BCUT2D eigenvalue weighted by atomic mass is 10.1. The molecule has 0 aliphatic heterocycles. The zero-order chi connectivity index (χ0) is 17.7. The minimum atomic E-state index is -0.473. The molecule has 2 aromatic carbocycles. The van der Waals surface area contributed by atoms with Crippen molar-refractivity contribution in [3.63, 3.8) is 0 Å². The fourth-order valence-corrected chi connectivity index (χ4v) is 2.82. The lowest BCUT2D eigenvalue weighted by Crippen LogP contribution is -2.15. The van der Waals surface area contributed by atoms with Crippen LogP contribution < -0.4 is 10.1 Å². The van der Waals surface area contributed by atoms with Crippen molar-refractivity contribution in [1.29, 1.82) is 0 Å². The summed E-state index contributed by atoms with van der Waals surface area (Å²) in [5.74, 6) is 0.843. The summed E-state index contributed by atoms with van der Waals surface area (Å²) in [6.45, 7) is 8.61. The first-order chi connectivity index (χ1) is 11.4. The Kier molecular flexibility index (Phi) is 6.26. The van der Waals surface area contributed by atoms with Crippen molar-refractivity contribution >= 4 is 27.7 Å². The summed E-state index contributed by atoms with van der Waals surface area (Å²) in [5.41, 5.74) is 5.05. The van der Waals surface area contributed by atoms with Crippen LogP contribution >= 0.6 is 15.9 Å². The summed E-state index contributed by atoms with van der Waals surface area (Å²) < 4.78 is 11.8. The quantitative estimate of drug-likeness (QED) is 0.729. The van der Waals surface area contributed by atoms with E-state index in [1.165, 1.54) is 11.1 Å². The molecule has 1 amide bonds. The molecule has 1 N–H and O–H groups in total. The maximum atomic E-state index is 11.7. The van der Waals surface area contributed by atoms with Gasteiger partial charge in [0.2, 0.25) is 0 Å². The van der Waals surface area contributed by atoms with Crippen LogP contribution in [-0.2, 0) is 11.3 Å². The summed E-state index contributed by atoms with van der Waals surface area (Å²) in [6, 6.07) is 9.76. The van der Waals surface area contributed by atoms with Gasteiger partial charge in [-0.2, -0.15) is 0 Å². The molecule has 24 heavy (non-hydrogen) atoms. The molecule has 0 aromatic heterocycles. The summed E-state index contributed by atoms with van der Waals surface area (Å²) in [6.07, 6.45) is -0.473. The van der Waals surface area contributed by atoms with E-state index in [-0.39, 0.29) is 0 Å². The zero-order valence-electron chi connectivity index (χ0n) is 14.4. The molecule has 0 spiro atoms. The van der Waals surface area contributed by atoms with Crippen LogP contribution in [0.1, 0.15) is 29.2 Å². The van der Waals surface area contributed by atoms with Crippen molar-refractivity contribution in [1.82, 2.24) is 0 Å². The molecular weight excluding hydrogens is 370 g/mol. The Balaban J connectivity index is 2.20. The molecule has 0 saturated heterocycles. The van der Waals surface area contributed by atoms with Gasteiger partial charge in [0.1, 0.15) is 12.4 Å². The highest BCUT2D eigenvalue weighted by atomic mass is 79.9. The van der Waals surface area contributed by atoms with Crippen LogP contribution in [-0.4, -0.2) is 12.7 Å². The lowest BCUT2D eigenvalue weighted by Gasteiger charge is -2.16. The standard InChI is InChI=1S/C19H22BrNO3/c1-5-23-19(22)21-17-8-6-7-16(20)15(17)11-24-18-10-13(3)12(2)9-14(18)4/h6-10H,5,11H2,1-4H3,(H,21,22). The normalized spacial score (nSPS) is 10.4. The van der Waals surface area contributed by atoms with Gasteiger partial charge in [0.25, 0.3) is 0 Å². The molecule has 4 nitrogen and oxygen atoms in total. The first-order valence-electron chi connectivity index (χ1n) is 7.84. The van der Waals surface area contributed by atoms with E-state index >= 15 is 0 Å². The number of rotatable bonds is 5. The van der Waals surface area contributed by atoms with E-state index in [1.807, 2.05) is 31.2 Å². The monoisotopic (exact) mass is 391 g/mol. The van der Waals surface area contributed by atoms with E-state index in [1.54, 1.807) is 6.92 Å². The molecule has 0 bridgehead atoms. The zero-order valence-corrected chi connectivity index (χ0v) is 16.0. The highest BCUT2D eigenvalue weighted by Gasteiger charge is 2.12. The Morgan fingerprint density at radius 2 is 1.83 bits per heavy atom. The smallest absolute Gasteiger partial charge is 0.411 e. The molecular formula is C19H22BrNO3. The van der Waals surface area contributed by atoms with Gasteiger partial charge in [0, 0.05) is 10.0 Å². The van der Waals surface area contributed by atoms with Crippen LogP contribution in [0.4, 0.5) is 10.5 Å². The highest BCUT2D eigenvalue weighted by molar-refractivity contribution is 9.10. The molecule has 0 radical (unpaired) electrons. The second-order valence-electron chi connectivity index (χ2n) is 5.60. The number of hydrogen-bond donors (Lipinski definition) is 1. The molecule has 2 aromatic rings. The number of nitrogens with one attached hydrogen (secondary N) is 1. The van der Waals surface area contributed by atoms with Crippen molar-refractivity contribution in [2.45, 2.75) is 34.3 Å². The minimum Gasteiger partial charge on any atom is -0.489 e. The predicted molar refractivity (Wildman–Crippen MR) is 99.8 cm³/mol. The Labute approximate surface area is 151 Å². The average molecular weight is 392 g/mol. The predicted octanol–water partition coefficient (Wildman–Crippen LogP) is 5.52. The van der Waals surface area contributed by atoms with Gasteiger partial charge in [-0.3, -0.25) is 5.32 Å². The topological polar surface area (TPSA) is 47.6 Å². The third-order valence-corrected chi connectivity index (χ3v) is 4.54. The van der Waals surface area contributed by atoms with E-state index in [0.29, 0.717) is 18.9 Å². The van der Waals surface area contributed by atoms with E-state index < -0.39 is 6.09 Å². The Hall–Kier alpha value is -2.01. The van der Waals surface area contributed by atoms with Gasteiger partial charge < -0.3 is 9.47 Å². The van der Waals surface area contributed by atoms with E-state index in [2.05, 4.69) is 41.2 Å². The molecule has 0 saturated carbocycles. The summed E-state index contributed by atoms with van der Waals surface area (Å²) in [4.78, 5) is 11.7. The Morgan fingerprint density at radius 3 is 2.54 bits per heavy atom. The summed E-state index contributed by atoms with van der Waals surface area (Å²) in [5, 5.41) is 2.75. The first-order valence-corrected chi connectivity index (χ1v) is 8.63. The van der Waals surface area contributed by atoms with Gasteiger partial charge in [-0.25, -0.2) is 4.79 Å². The van der Waals surface area contributed by atoms with Gasteiger partial charge in [-0.1, -0.05) is 28.1 Å². The second kappa shape index (κ2) is 8.20. The molecule has 0 fully saturated rings. The summed E-state index contributed by atoms with van der Waals surface area (Å²) in [7, 11) is 0. The van der Waals surface area contributed by atoms with Gasteiger partial charge in [0.15, 0.2) is 0 Å². The number of carbonyl (C=O) groups is 1. The van der Waals surface area contributed by atoms with Crippen molar-refractivity contribution in [3.8, 4) is 5.75 Å². The first kappa shape index (κ1) is 18.3. The minimum absolute atomic E-state index is 0.327. The number of amides is 1. The van der Waals surface area contributed by atoms with Gasteiger partial charge in [-0.15, -0.1) is 0 Å². The van der Waals surface area contributed by atoms with Crippen LogP contribution in [0.5, 0.6) is 5.75 Å². The van der Waals surface area contributed by atoms with Crippen LogP contribution in [0.3, 0.4) is 0 Å². The third-order valence-electron chi connectivity index (χ3n) is 3.79. The largest absolute Gasteiger partial charge is 0.489 e. The lowest BCUT2D eigenvalue weighted by molar-refractivity contribution is 0.168. The molecule has 0 heterocycles. The number of ether oxygens (including phenoxy) is 2. The maximum Gasteiger partial charge on any atom is 0.411 e. The molecule has 128 valence electrons.